The molecule has 3 aromatic heterocycles. The highest BCUT2D eigenvalue weighted by atomic mass is 16.5. The molecule has 0 saturated heterocycles. The Hall–Kier alpha value is -3.00. The molecule has 0 unspecified atom stereocenters. The summed E-state index contributed by atoms with van der Waals surface area (Å²) in [5.74, 6) is 0.500. The van der Waals surface area contributed by atoms with Gasteiger partial charge in [0.05, 0.1) is 29.5 Å². The number of fused-ring (bicyclic) bond motifs is 3. The topological polar surface area (TPSA) is 79.2 Å². The highest BCUT2D eigenvalue weighted by Crippen LogP contribution is 2.46. The zero-order valence-corrected chi connectivity index (χ0v) is 15.3. The molecule has 0 N–H and O–H groups in total. The van der Waals surface area contributed by atoms with E-state index >= 15 is 0 Å². The van der Waals surface area contributed by atoms with Crippen LogP contribution in [0.4, 0.5) is 0 Å². The van der Waals surface area contributed by atoms with Crippen LogP contribution in [0.3, 0.4) is 0 Å². The van der Waals surface area contributed by atoms with Crippen molar-refractivity contribution >= 4 is 16.6 Å². The summed E-state index contributed by atoms with van der Waals surface area (Å²) in [6.07, 6.45) is 5.80. The molecule has 0 bridgehead atoms. The number of hydrogen-bond donors (Lipinski definition) is 0. The molecule has 0 aliphatic heterocycles. The SMILES string of the molecule is COCCn1c(=O)c2c(-n3cc(C4(C)CC4)nn3)ncn2c2ccccc21. The van der Waals surface area contributed by atoms with Gasteiger partial charge < -0.3 is 9.30 Å². The minimum absolute atomic E-state index is 0.110. The van der Waals surface area contributed by atoms with Crippen molar-refractivity contribution in [3.8, 4) is 5.82 Å². The maximum atomic E-state index is 13.3. The fourth-order valence-electron chi connectivity index (χ4n) is 3.51. The number of benzene rings is 1. The van der Waals surface area contributed by atoms with E-state index in [0.717, 1.165) is 29.6 Å². The summed E-state index contributed by atoms with van der Waals surface area (Å²) in [5, 5.41) is 8.56. The number of hydrogen-bond acceptors (Lipinski definition) is 5. The third-order valence-corrected chi connectivity index (χ3v) is 5.48. The smallest absolute Gasteiger partial charge is 0.279 e. The van der Waals surface area contributed by atoms with Crippen molar-refractivity contribution < 1.29 is 4.74 Å². The van der Waals surface area contributed by atoms with Crippen LogP contribution in [0.15, 0.2) is 41.6 Å². The first kappa shape index (κ1) is 16.2. The number of rotatable bonds is 5. The Bertz CT molecular complexity index is 1210. The Morgan fingerprint density at radius 1 is 1.22 bits per heavy atom. The lowest BCUT2D eigenvalue weighted by atomic mass is 10.1. The Balaban J connectivity index is 1.76. The van der Waals surface area contributed by atoms with Crippen molar-refractivity contribution in [3.63, 3.8) is 0 Å². The summed E-state index contributed by atoms with van der Waals surface area (Å²) < 4.78 is 10.4. The van der Waals surface area contributed by atoms with E-state index < -0.39 is 0 Å². The summed E-state index contributed by atoms with van der Waals surface area (Å²) in [4.78, 5) is 17.8. The van der Waals surface area contributed by atoms with E-state index in [2.05, 4.69) is 22.2 Å². The predicted molar refractivity (Wildman–Crippen MR) is 100 cm³/mol. The summed E-state index contributed by atoms with van der Waals surface area (Å²) in [5.41, 5.74) is 3.19. The summed E-state index contributed by atoms with van der Waals surface area (Å²) in [6.45, 7) is 3.10. The first-order valence-corrected chi connectivity index (χ1v) is 9.03. The average Bonchev–Trinajstić information content (AvgIpc) is 3.11. The van der Waals surface area contributed by atoms with Crippen molar-refractivity contribution in [2.75, 3.05) is 13.7 Å². The van der Waals surface area contributed by atoms with Crippen LogP contribution in [-0.4, -0.2) is 42.7 Å². The number of aromatic nitrogens is 6. The lowest BCUT2D eigenvalue weighted by molar-refractivity contribution is 0.187. The van der Waals surface area contributed by atoms with Crippen LogP contribution in [0.25, 0.3) is 22.4 Å². The summed E-state index contributed by atoms with van der Waals surface area (Å²) in [7, 11) is 1.63. The maximum Gasteiger partial charge on any atom is 0.279 e. The van der Waals surface area contributed by atoms with Crippen molar-refractivity contribution in [1.29, 1.82) is 0 Å². The Labute approximate surface area is 155 Å². The molecule has 1 saturated carbocycles. The van der Waals surface area contributed by atoms with Gasteiger partial charge in [0.25, 0.3) is 5.56 Å². The number of imidazole rings is 1. The number of ether oxygens (including phenoxy) is 1. The van der Waals surface area contributed by atoms with Gasteiger partial charge in [-0.3, -0.25) is 9.20 Å². The third kappa shape index (κ3) is 2.40. The largest absolute Gasteiger partial charge is 0.383 e. The molecule has 1 fully saturated rings. The van der Waals surface area contributed by atoms with Gasteiger partial charge in [-0.2, -0.15) is 4.68 Å². The van der Waals surface area contributed by atoms with Crippen LogP contribution in [-0.2, 0) is 16.7 Å². The van der Waals surface area contributed by atoms with E-state index in [1.54, 1.807) is 22.7 Å². The number of methoxy groups -OCH3 is 1. The van der Waals surface area contributed by atoms with Gasteiger partial charge in [-0.15, -0.1) is 5.10 Å². The highest BCUT2D eigenvalue weighted by Gasteiger charge is 2.41. The highest BCUT2D eigenvalue weighted by molar-refractivity contribution is 5.80. The quantitative estimate of drug-likeness (QED) is 0.541. The van der Waals surface area contributed by atoms with Crippen LogP contribution >= 0.6 is 0 Å². The van der Waals surface area contributed by atoms with E-state index in [0.29, 0.717) is 24.5 Å². The molecule has 0 atom stereocenters. The molecule has 5 rings (SSSR count). The van der Waals surface area contributed by atoms with Crippen LogP contribution < -0.4 is 5.56 Å². The second-order valence-electron chi connectivity index (χ2n) is 7.33. The molecular formula is C19H20N6O2. The molecule has 27 heavy (non-hydrogen) atoms. The van der Waals surface area contributed by atoms with E-state index in [9.17, 15) is 4.79 Å². The molecule has 0 radical (unpaired) electrons. The second-order valence-corrected chi connectivity index (χ2v) is 7.33. The van der Waals surface area contributed by atoms with Crippen molar-refractivity contribution in [2.24, 2.45) is 0 Å². The molecule has 3 heterocycles. The molecule has 0 spiro atoms. The second kappa shape index (κ2) is 5.75. The van der Waals surface area contributed by atoms with Crippen LogP contribution in [0.1, 0.15) is 25.5 Å². The minimum atomic E-state index is -0.118. The molecule has 0 amide bonds. The Kier molecular flexibility index (Phi) is 3.45. The van der Waals surface area contributed by atoms with Gasteiger partial charge in [-0.1, -0.05) is 24.3 Å². The number of nitrogens with zero attached hydrogens (tertiary/aromatic N) is 6. The molecule has 1 aromatic carbocycles. The molecule has 1 aliphatic carbocycles. The summed E-state index contributed by atoms with van der Waals surface area (Å²) in [6, 6.07) is 7.80. The standard InChI is InChI=1S/C19H20N6O2/c1-19(7-8-19)15-11-25(22-21-15)17-16-18(26)23(9-10-27-2)13-5-3-4-6-14(13)24(16)12-20-17/h3-6,11-12H,7-10H2,1-2H3. The Morgan fingerprint density at radius 3 is 2.74 bits per heavy atom. The van der Waals surface area contributed by atoms with Crippen molar-refractivity contribution in [1.82, 2.24) is 28.9 Å². The third-order valence-electron chi connectivity index (χ3n) is 5.48. The molecule has 4 aromatic rings. The van der Waals surface area contributed by atoms with E-state index in [1.165, 1.54) is 0 Å². The van der Waals surface area contributed by atoms with Gasteiger partial charge in [0, 0.05) is 19.1 Å². The normalized spacial score (nSPS) is 15.6. The van der Waals surface area contributed by atoms with Gasteiger partial charge in [-0.05, 0) is 25.0 Å². The first-order chi connectivity index (χ1) is 13.1. The van der Waals surface area contributed by atoms with Crippen molar-refractivity contribution in [2.45, 2.75) is 31.7 Å². The fourth-order valence-corrected chi connectivity index (χ4v) is 3.51. The fraction of sp³-hybridized carbons (Fsp3) is 0.368. The van der Waals surface area contributed by atoms with Crippen molar-refractivity contribution in [3.05, 3.63) is 52.8 Å². The lowest BCUT2D eigenvalue weighted by Crippen LogP contribution is -2.25. The monoisotopic (exact) mass is 364 g/mol. The zero-order valence-electron chi connectivity index (χ0n) is 15.3. The van der Waals surface area contributed by atoms with Crippen LogP contribution in [0.2, 0.25) is 0 Å². The van der Waals surface area contributed by atoms with E-state index in [4.69, 9.17) is 4.74 Å². The first-order valence-electron chi connectivity index (χ1n) is 9.03. The van der Waals surface area contributed by atoms with Gasteiger partial charge in [0.1, 0.15) is 6.33 Å². The van der Waals surface area contributed by atoms with Crippen LogP contribution in [0.5, 0.6) is 0 Å². The van der Waals surface area contributed by atoms with Gasteiger partial charge in [0.2, 0.25) is 0 Å². The molecule has 8 heteroatoms. The lowest BCUT2D eigenvalue weighted by Gasteiger charge is -2.12. The van der Waals surface area contributed by atoms with Gasteiger partial charge >= 0.3 is 0 Å². The predicted octanol–water partition coefficient (Wildman–Crippen LogP) is 1.93. The minimum Gasteiger partial charge on any atom is -0.383 e. The zero-order chi connectivity index (χ0) is 18.6. The van der Waals surface area contributed by atoms with Crippen LogP contribution in [0, 0.1) is 0 Å². The number of para-hydroxylation sites is 2. The van der Waals surface area contributed by atoms with Gasteiger partial charge in [-0.25, -0.2) is 4.98 Å². The molecular weight excluding hydrogens is 344 g/mol. The van der Waals surface area contributed by atoms with E-state index in [-0.39, 0.29) is 11.0 Å². The Morgan fingerprint density at radius 2 is 2.00 bits per heavy atom. The maximum absolute atomic E-state index is 13.3. The van der Waals surface area contributed by atoms with Gasteiger partial charge in [0.15, 0.2) is 11.3 Å². The van der Waals surface area contributed by atoms with E-state index in [1.807, 2.05) is 34.9 Å². The molecule has 8 nitrogen and oxygen atoms in total. The molecule has 1 aliphatic rings. The summed E-state index contributed by atoms with van der Waals surface area (Å²) >= 11 is 0. The molecule has 138 valence electrons. The average molecular weight is 364 g/mol.